The monoisotopic (exact) mass is 350 g/mol. The van der Waals surface area contributed by atoms with Gasteiger partial charge < -0.3 is 4.90 Å². The molecular weight excluding hydrogens is 332 g/mol. The molecule has 0 aromatic heterocycles. The summed E-state index contributed by atoms with van der Waals surface area (Å²) in [5.41, 5.74) is 0.728. The molecule has 1 saturated heterocycles. The Morgan fingerprint density at radius 2 is 1.88 bits per heavy atom. The summed E-state index contributed by atoms with van der Waals surface area (Å²) in [6.07, 6.45) is 0. The molecule has 1 aliphatic heterocycles. The number of carbonyl (C=O) groups is 3. The molecule has 7 nitrogen and oxygen atoms in total. The number of halogens is 1. The van der Waals surface area contributed by atoms with Crippen LogP contribution in [-0.4, -0.2) is 55.6 Å². The van der Waals surface area contributed by atoms with Gasteiger partial charge in [0.05, 0.1) is 12.2 Å². The van der Waals surface area contributed by atoms with E-state index in [1.54, 1.807) is 31.2 Å². The molecule has 0 spiro atoms. The number of benzene rings is 1. The number of likely N-dealkylation sites (N-methyl/N-ethyl adjacent to an activating group) is 1. The lowest BCUT2D eigenvalue weighted by molar-refractivity contribution is -0.131. The van der Waals surface area contributed by atoms with E-state index in [2.05, 4.69) is 10.3 Å². The molecule has 1 fully saturated rings. The van der Waals surface area contributed by atoms with E-state index in [0.29, 0.717) is 29.5 Å². The summed E-state index contributed by atoms with van der Waals surface area (Å²) in [6, 6.07) is 5.46. The largest absolute Gasteiger partial charge is 0.335 e. The summed E-state index contributed by atoms with van der Waals surface area (Å²) < 4.78 is 0. The van der Waals surface area contributed by atoms with E-state index in [1.165, 1.54) is 0 Å². The molecule has 1 atom stereocenters. The molecule has 1 N–H and O–H groups in total. The Kier molecular flexibility index (Phi) is 5.69. The summed E-state index contributed by atoms with van der Waals surface area (Å²) in [6.45, 7) is 2.78. The van der Waals surface area contributed by atoms with Gasteiger partial charge in [-0.3, -0.25) is 19.9 Å². The van der Waals surface area contributed by atoms with Crippen LogP contribution < -0.4 is 10.2 Å². The molecule has 24 heavy (non-hydrogen) atoms. The number of aliphatic imine (C=N–C) groups is 1. The predicted octanol–water partition coefficient (Wildman–Crippen LogP) is 1.56. The fraction of sp³-hybridized carbons (Fsp3) is 0.375. The molecule has 0 bridgehead atoms. The van der Waals surface area contributed by atoms with Gasteiger partial charge in [-0.25, -0.2) is 9.69 Å². The lowest BCUT2D eigenvalue weighted by Gasteiger charge is -2.30. The molecule has 1 unspecified atom stereocenters. The minimum absolute atomic E-state index is 0.348. The van der Waals surface area contributed by atoms with Gasteiger partial charge in [0.2, 0.25) is 5.91 Å². The number of hydrogen-bond donors (Lipinski definition) is 1. The number of amides is 4. The zero-order valence-corrected chi connectivity index (χ0v) is 14.5. The predicted molar refractivity (Wildman–Crippen MR) is 92.5 cm³/mol. The van der Waals surface area contributed by atoms with E-state index in [1.807, 2.05) is 19.0 Å². The second kappa shape index (κ2) is 7.55. The molecule has 8 heteroatoms. The molecule has 0 saturated carbocycles. The van der Waals surface area contributed by atoms with E-state index in [9.17, 15) is 14.4 Å². The molecule has 0 aliphatic carbocycles. The van der Waals surface area contributed by atoms with Gasteiger partial charge in [-0.1, -0.05) is 11.6 Å². The summed E-state index contributed by atoms with van der Waals surface area (Å²) in [7, 11) is 3.81. The van der Waals surface area contributed by atoms with Gasteiger partial charge >= 0.3 is 6.03 Å². The van der Waals surface area contributed by atoms with Crippen molar-refractivity contribution in [2.24, 2.45) is 10.9 Å². The quantitative estimate of drug-likeness (QED) is 0.645. The van der Waals surface area contributed by atoms with Crippen LogP contribution in [0.4, 0.5) is 10.5 Å². The van der Waals surface area contributed by atoms with Gasteiger partial charge in [0.15, 0.2) is 5.92 Å². The first kappa shape index (κ1) is 18.1. The maximum absolute atomic E-state index is 12.7. The zero-order chi connectivity index (χ0) is 17.9. The Balaban J connectivity index is 2.26. The second-order valence-corrected chi connectivity index (χ2v) is 6.14. The number of carbonyl (C=O) groups excluding carboxylic acids is 3. The SMILES string of the molecule is CC(=NCCN(C)C)C1C(=O)NC(=O)N(c2ccc(Cl)cc2)C1=O. The van der Waals surface area contributed by atoms with Gasteiger partial charge in [0.1, 0.15) is 0 Å². The van der Waals surface area contributed by atoms with Crippen LogP contribution in [0.3, 0.4) is 0 Å². The van der Waals surface area contributed by atoms with Crippen molar-refractivity contribution in [2.75, 3.05) is 32.1 Å². The number of imide groups is 2. The smallest absolute Gasteiger partial charge is 0.308 e. The minimum atomic E-state index is -1.11. The lowest BCUT2D eigenvalue weighted by atomic mass is 9.99. The Labute approximate surface area is 145 Å². The van der Waals surface area contributed by atoms with Crippen LogP contribution in [0, 0.1) is 5.92 Å². The fourth-order valence-electron chi connectivity index (χ4n) is 2.30. The van der Waals surface area contributed by atoms with Gasteiger partial charge in [-0.2, -0.15) is 0 Å². The summed E-state index contributed by atoms with van der Waals surface area (Å²) in [5, 5.41) is 2.69. The van der Waals surface area contributed by atoms with Gasteiger partial charge in [-0.15, -0.1) is 0 Å². The van der Waals surface area contributed by atoms with Crippen molar-refractivity contribution in [1.29, 1.82) is 0 Å². The van der Waals surface area contributed by atoms with Crippen LogP contribution in [0.2, 0.25) is 5.02 Å². The summed E-state index contributed by atoms with van der Waals surface area (Å²) >= 11 is 5.83. The highest BCUT2D eigenvalue weighted by molar-refractivity contribution is 6.35. The molecule has 1 aromatic carbocycles. The number of nitrogens with one attached hydrogen (secondary N) is 1. The molecule has 1 aliphatic rings. The molecule has 1 heterocycles. The first-order valence-corrected chi connectivity index (χ1v) is 7.79. The Morgan fingerprint density at radius 1 is 1.25 bits per heavy atom. The van der Waals surface area contributed by atoms with Crippen molar-refractivity contribution >= 4 is 40.8 Å². The number of urea groups is 1. The van der Waals surface area contributed by atoms with Crippen LogP contribution in [-0.2, 0) is 9.59 Å². The van der Waals surface area contributed by atoms with Crippen LogP contribution >= 0.6 is 11.6 Å². The van der Waals surface area contributed by atoms with E-state index in [4.69, 9.17) is 11.6 Å². The van der Waals surface area contributed by atoms with Crippen molar-refractivity contribution in [1.82, 2.24) is 10.2 Å². The topological polar surface area (TPSA) is 82.1 Å². The normalized spacial score (nSPS) is 19.0. The van der Waals surface area contributed by atoms with Crippen molar-refractivity contribution in [3.05, 3.63) is 29.3 Å². The van der Waals surface area contributed by atoms with Crippen molar-refractivity contribution in [3.8, 4) is 0 Å². The van der Waals surface area contributed by atoms with Crippen LogP contribution in [0.5, 0.6) is 0 Å². The highest BCUT2D eigenvalue weighted by Gasteiger charge is 2.42. The Bertz CT molecular complexity index is 685. The first-order chi connectivity index (χ1) is 11.3. The van der Waals surface area contributed by atoms with Gasteiger partial charge in [-0.05, 0) is 45.3 Å². The third kappa shape index (κ3) is 3.98. The minimum Gasteiger partial charge on any atom is -0.308 e. The number of barbiturate groups is 1. The van der Waals surface area contributed by atoms with E-state index >= 15 is 0 Å². The number of nitrogens with zero attached hydrogens (tertiary/aromatic N) is 3. The molecule has 4 amide bonds. The maximum Gasteiger partial charge on any atom is 0.335 e. The second-order valence-electron chi connectivity index (χ2n) is 5.70. The average Bonchev–Trinajstić information content (AvgIpc) is 2.48. The van der Waals surface area contributed by atoms with Gasteiger partial charge in [0.25, 0.3) is 5.91 Å². The highest BCUT2D eigenvalue weighted by Crippen LogP contribution is 2.23. The summed E-state index contributed by atoms with van der Waals surface area (Å²) in [4.78, 5) is 44.0. The Hall–Kier alpha value is -2.25. The van der Waals surface area contributed by atoms with Crippen LogP contribution in [0.1, 0.15) is 6.92 Å². The molecule has 2 rings (SSSR count). The van der Waals surface area contributed by atoms with Crippen LogP contribution in [0.25, 0.3) is 0 Å². The summed E-state index contributed by atoms with van der Waals surface area (Å²) in [5.74, 6) is -2.38. The van der Waals surface area contributed by atoms with Crippen molar-refractivity contribution in [3.63, 3.8) is 0 Å². The maximum atomic E-state index is 12.7. The van der Waals surface area contributed by atoms with E-state index < -0.39 is 23.8 Å². The molecular formula is C16H19ClN4O3. The number of anilines is 1. The first-order valence-electron chi connectivity index (χ1n) is 7.41. The number of hydrogen-bond acceptors (Lipinski definition) is 5. The van der Waals surface area contributed by atoms with E-state index in [0.717, 1.165) is 4.90 Å². The van der Waals surface area contributed by atoms with Crippen LogP contribution in [0.15, 0.2) is 29.3 Å². The molecule has 128 valence electrons. The lowest BCUT2D eigenvalue weighted by Crippen LogP contribution is -2.60. The Morgan fingerprint density at radius 3 is 2.46 bits per heavy atom. The third-order valence-corrected chi connectivity index (χ3v) is 3.83. The fourth-order valence-corrected chi connectivity index (χ4v) is 2.42. The van der Waals surface area contributed by atoms with E-state index in [-0.39, 0.29) is 0 Å². The number of rotatable bonds is 5. The van der Waals surface area contributed by atoms with Gasteiger partial charge in [0, 0.05) is 17.3 Å². The highest BCUT2D eigenvalue weighted by atomic mass is 35.5. The van der Waals surface area contributed by atoms with Crippen molar-refractivity contribution < 1.29 is 14.4 Å². The average molecular weight is 351 g/mol. The standard InChI is InChI=1S/C16H19ClN4O3/c1-10(18-8-9-20(2)3)13-14(22)19-16(24)21(15(13)23)12-6-4-11(17)5-7-12/h4-7,13H,8-9H2,1-3H3,(H,19,22,24). The van der Waals surface area contributed by atoms with Crippen molar-refractivity contribution in [2.45, 2.75) is 6.92 Å². The zero-order valence-electron chi connectivity index (χ0n) is 13.7. The molecule has 1 aromatic rings. The molecule has 0 radical (unpaired) electrons. The third-order valence-electron chi connectivity index (χ3n) is 3.57.